The minimum Gasteiger partial charge on any atom is -0.354 e. The number of halogens is 3. The van der Waals surface area contributed by atoms with E-state index in [1.54, 1.807) is 0 Å². The molecular formula is C17H26F3N5O. The average molecular weight is 373 g/mol. The first-order chi connectivity index (χ1) is 12.4. The molecule has 3 heterocycles. The van der Waals surface area contributed by atoms with Crippen molar-refractivity contribution < 1.29 is 18.0 Å². The third kappa shape index (κ3) is 5.44. The van der Waals surface area contributed by atoms with Gasteiger partial charge in [-0.05, 0) is 44.7 Å². The van der Waals surface area contributed by atoms with Crippen LogP contribution in [0.3, 0.4) is 0 Å². The van der Waals surface area contributed by atoms with E-state index < -0.39 is 12.7 Å². The van der Waals surface area contributed by atoms with Crippen molar-refractivity contribution in [3.05, 3.63) is 18.2 Å². The summed E-state index contributed by atoms with van der Waals surface area (Å²) < 4.78 is 39.1. The zero-order chi connectivity index (χ0) is 18.6. The molecule has 0 saturated carbocycles. The topological polar surface area (TPSA) is 62.2 Å². The van der Waals surface area contributed by atoms with E-state index in [2.05, 4.69) is 20.5 Å². The first-order valence-corrected chi connectivity index (χ1v) is 9.21. The normalized spacial score (nSPS) is 24.7. The lowest BCUT2D eigenvalue weighted by atomic mass is 9.98. The van der Waals surface area contributed by atoms with E-state index in [-0.39, 0.29) is 11.9 Å². The molecule has 1 amide bonds. The molecule has 1 aromatic rings. The van der Waals surface area contributed by atoms with Gasteiger partial charge in [-0.3, -0.25) is 9.69 Å². The average Bonchev–Trinajstić information content (AvgIpc) is 3.24. The maximum Gasteiger partial charge on any atom is 0.406 e. The molecule has 0 radical (unpaired) electrons. The van der Waals surface area contributed by atoms with Crippen molar-refractivity contribution in [3.63, 3.8) is 0 Å². The smallest absolute Gasteiger partial charge is 0.354 e. The summed E-state index contributed by atoms with van der Waals surface area (Å²) >= 11 is 0. The van der Waals surface area contributed by atoms with Gasteiger partial charge in [0, 0.05) is 25.5 Å². The Morgan fingerprint density at radius 3 is 2.92 bits per heavy atom. The van der Waals surface area contributed by atoms with Gasteiger partial charge in [0.05, 0.1) is 12.6 Å². The number of imidazole rings is 1. The molecule has 2 saturated heterocycles. The quantitative estimate of drug-likeness (QED) is 0.794. The maximum atomic E-state index is 12.6. The number of carbonyl (C=O) groups is 1. The standard InChI is InChI=1S/C17H26F3N5O/c18-17(19,20)12-25-8-6-22-15(25)11-24-7-2-3-13(10-24)9-23-16(26)14-4-1-5-21-14/h6,8,13-14,21H,1-5,7,9-12H2,(H,23,26). The molecule has 0 spiro atoms. The second-order valence-electron chi connectivity index (χ2n) is 7.22. The molecule has 0 aromatic carbocycles. The van der Waals surface area contributed by atoms with Crippen LogP contribution in [0.2, 0.25) is 0 Å². The van der Waals surface area contributed by atoms with Crippen molar-refractivity contribution in [3.8, 4) is 0 Å². The van der Waals surface area contributed by atoms with Crippen LogP contribution in [-0.4, -0.2) is 58.8 Å². The Balaban J connectivity index is 1.48. The Labute approximate surface area is 151 Å². The van der Waals surface area contributed by atoms with Gasteiger partial charge < -0.3 is 15.2 Å². The monoisotopic (exact) mass is 373 g/mol. The van der Waals surface area contributed by atoms with Gasteiger partial charge in [0.1, 0.15) is 12.4 Å². The fourth-order valence-electron chi connectivity index (χ4n) is 3.77. The summed E-state index contributed by atoms with van der Waals surface area (Å²) in [5.41, 5.74) is 0. The number of aromatic nitrogens is 2. The second-order valence-corrected chi connectivity index (χ2v) is 7.22. The Kier molecular flexibility index (Phi) is 6.18. The number of hydrogen-bond acceptors (Lipinski definition) is 4. The fourth-order valence-corrected chi connectivity index (χ4v) is 3.77. The van der Waals surface area contributed by atoms with Gasteiger partial charge in [-0.1, -0.05) is 0 Å². The predicted octanol–water partition coefficient (Wildman–Crippen LogP) is 1.53. The van der Waals surface area contributed by atoms with Crippen molar-refractivity contribution in [2.75, 3.05) is 26.2 Å². The van der Waals surface area contributed by atoms with Crippen LogP contribution in [-0.2, 0) is 17.9 Å². The Bertz CT molecular complexity index is 597. The second kappa shape index (κ2) is 8.39. The van der Waals surface area contributed by atoms with Crippen LogP contribution >= 0.6 is 0 Å². The minimum atomic E-state index is -4.25. The van der Waals surface area contributed by atoms with Gasteiger partial charge in [0.15, 0.2) is 0 Å². The zero-order valence-corrected chi connectivity index (χ0v) is 14.8. The summed E-state index contributed by atoms with van der Waals surface area (Å²) in [5, 5.41) is 6.20. The third-order valence-corrected chi connectivity index (χ3v) is 5.06. The fraction of sp³-hybridized carbons (Fsp3) is 0.765. The van der Waals surface area contributed by atoms with E-state index in [0.717, 1.165) is 49.9 Å². The molecule has 2 unspecified atom stereocenters. The number of carbonyl (C=O) groups excluding carboxylic acids is 1. The Morgan fingerprint density at radius 1 is 1.35 bits per heavy atom. The first kappa shape index (κ1) is 19.2. The number of nitrogens with one attached hydrogen (secondary N) is 2. The zero-order valence-electron chi connectivity index (χ0n) is 14.8. The number of alkyl halides is 3. The van der Waals surface area contributed by atoms with Crippen molar-refractivity contribution in [1.82, 2.24) is 25.1 Å². The molecular weight excluding hydrogens is 347 g/mol. The number of amides is 1. The molecule has 26 heavy (non-hydrogen) atoms. The highest BCUT2D eigenvalue weighted by Crippen LogP contribution is 2.21. The molecule has 2 fully saturated rings. The van der Waals surface area contributed by atoms with Crippen LogP contribution in [0.5, 0.6) is 0 Å². The predicted molar refractivity (Wildman–Crippen MR) is 90.3 cm³/mol. The molecule has 1 aromatic heterocycles. The minimum absolute atomic E-state index is 0.0559. The van der Waals surface area contributed by atoms with Crippen LogP contribution < -0.4 is 10.6 Å². The summed E-state index contributed by atoms with van der Waals surface area (Å²) in [5.74, 6) is 0.808. The summed E-state index contributed by atoms with van der Waals surface area (Å²) in [6.45, 7) is 2.50. The van der Waals surface area contributed by atoms with Crippen molar-refractivity contribution in [1.29, 1.82) is 0 Å². The highest BCUT2D eigenvalue weighted by Gasteiger charge is 2.30. The first-order valence-electron chi connectivity index (χ1n) is 9.21. The van der Waals surface area contributed by atoms with Crippen LogP contribution in [0, 0.1) is 5.92 Å². The molecule has 2 aliphatic heterocycles. The van der Waals surface area contributed by atoms with Gasteiger partial charge in [0.2, 0.25) is 5.91 Å². The number of hydrogen-bond donors (Lipinski definition) is 2. The molecule has 0 bridgehead atoms. The van der Waals surface area contributed by atoms with E-state index in [0.29, 0.717) is 24.8 Å². The summed E-state index contributed by atoms with van der Waals surface area (Å²) in [6, 6.07) is -0.0791. The van der Waals surface area contributed by atoms with Gasteiger partial charge in [0.25, 0.3) is 0 Å². The molecule has 2 atom stereocenters. The van der Waals surface area contributed by atoms with Gasteiger partial charge in [-0.15, -0.1) is 0 Å². The third-order valence-electron chi connectivity index (χ3n) is 5.06. The van der Waals surface area contributed by atoms with Crippen LogP contribution in [0.15, 0.2) is 12.4 Å². The van der Waals surface area contributed by atoms with Crippen molar-refractivity contribution in [2.24, 2.45) is 5.92 Å². The largest absolute Gasteiger partial charge is 0.406 e. The molecule has 6 nitrogen and oxygen atoms in total. The van der Waals surface area contributed by atoms with E-state index in [4.69, 9.17) is 0 Å². The van der Waals surface area contributed by atoms with Crippen LogP contribution in [0.25, 0.3) is 0 Å². The van der Waals surface area contributed by atoms with Gasteiger partial charge >= 0.3 is 6.18 Å². The summed E-state index contributed by atoms with van der Waals surface area (Å²) in [6.07, 6.45) is 2.44. The molecule has 146 valence electrons. The van der Waals surface area contributed by atoms with Crippen molar-refractivity contribution in [2.45, 2.75) is 51.0 Å². The van der Waals surface area contributed by atoms with E-state index in [9.17, 15) is 18.0 Å². The van der Waals surface area contributed by atoms with E-state index in [1.165, 1.54) is 12.4 Å². The van der Waals surface area contributed by atoms with E-state index in [1.807, 2.05) is 0 Å². The number of nitrogens with zero attached hydrogens (tertiary/aromatic N) is 3. The molecule has 3 rings (SSSR count). The molecule has 2 N–H and O–H groups in total. The summed E-state index contributed by atoms with van der Waals surface area (Å²) in [7, 11) is 0. The maximum absolute atomic E-state index is 12.6. The number of rotatable bonds is 6. The van der Waals surface area contributed by atoms with Gasteiger partial charge in [-0.25, -0.2) is 4.98 Å². The van der Waals surface area contributed by atoms with E-state index >= 15 is 0 Å². The lowest BCUT2D eigenvalue weighted by molar-refractivity contribution is -0.141. The Morgan fingerprint density at radius 2 is 2.19 bits per heavy atom. The number of piperidine rings is 1. The molecule has 9 heteroatoms. The highest BCUT2D eigenvalue weighted by molar-refractivity contribution is 5.81. The van der Waals surface area contributed by atoms with Gasteiger partial charge in [-0.2, -0.15) is 13.2 Å². The molecule has 2 aliphatic rings. The number of likely N-dealkylation sites (tertiary alicyclic amines) is 1. The lowest BCUT2D eigenvalue weighted by Gasteiger charge is -2.32. The summed E-state index contributed by atoms with van der Waals surface area (Å²) in [4.78, 5) is 18.3. The Hall–Kier alpha value is -1.61. The highest BCUT2D eigenvalue weighted by atomic mass is 19.4. The molecule has 0 aliphatic carbocycles. The van der Waals surface area contributed by atoms with Crippen LogP contribution in [0.4, 0.5) is 13.2 Å². The SMILES string of the molecule is O=C(NCC1CCCN(Cc2nccn2CC(F)(F)F)C1)C1CCCN1. The lowest BCUT2D eigenvalue weighted by Crippen LogP contribution is -2.45. The van der Waals surface area contributed by atoms with Crippen molar-refractivity contribution >= 4 is 5.91 Å². The van der Waals surface area contributed by atoms with Crippen LogP contribution in [0.1, 0.15) is 31.5 Å².